The van der Waals surface area contributed by atoms with Crippen LogP contribution in [-0.4, -0.2) is 65.1 Å². The lowest BCUT2D eigenvalue weighted by atomic mass is 10.0. The molecule has 172 valence electrons. The summed E-state index contributed by atoms with van der Waals surface area (Å²) in [5.74, 6) is 0.709. The van der Waals surface area contributed by atoms with E-state index in [1.54, 1.807) is 41.1 Å². The molecule has 0 aliphatic carbocycles. The molecule has 1 fully saturated rings. The standard InChI is InChI=1S/C24H27N5O4/c1-16-4-6-18(7-5-16)29-15-21(26-27-29)24(31)28-12-10-17(11-13-28)25-23(30)20-9-8-19(32-2)14-22(20)33-3/h4-9,14-15,17H,10-13H2,1-3H3,(H,25,30). The highest BCUT2D eigenvalue weighted by Crippen LogP contribution is 2.25. The Bertz CT molecular complexity index is 1130. The number of amides is 2. The summed E-state index contributed by atoms with van der Waals surface area (Å²) in [5, 5.41) is 11.2. The largest absolute Gasteiger partial charge is 0.497 e. The maximum Gasteiger partial charge on any atom is 0.276 e. The van der Waals surface area contributed by atoms with E-state index in [1.165, 1.54) is 7.11 Å². The number of aromatic nitrogens is 3. The molecule has 1 aliphatic rings. The van der Waals surface area contributed by atoms with Gasteiger partial charge in [-0.25, -0.2) is 4.68 Å². The number of ether oxygens (including phenoxy) is 2. The molecule has 2 aromatic carbocycles. The highest BCUT2D eigenvalue weighted by Gasteiger charge is 2.27. The van der Waals surface area contributed by atoms with Crippen LogP contribution < -0.4 is 14.8 Å². The fraction of sp³-hybridized carbons (Fsp3) is 0.333. The molecule has 1 aromatic heterocycles. The Balaban J connectivity index is 1.34. The number of aryl methyl sites for hydroxylation is 1. The van der Waals surface area contributed by atoms with E-state index in [2.05, 4.69) is 15.6 Å². The molecule has 0 radical (unpaired) electrons. The van der Waals surface area contributed by atoms with Gasteiger partial charge >= 0.3 is 0 Å². The van der Waals surface area contributed by atoms with Gasteiger partial charge in [0.25, 0.3) is 11.8 Å². The predicted molar refractivity (Wildman–Crippen MR) is 122 cm³/mol. The Kier molecular flexibility index (Phi) is 6.58. The third kappa shape index (κ3) is 4.97. The zero-order valence-corrected chi connectivity index (χ0v) is 18.9. The average molecular weight is 450 g/mol. The van der Waals surface area contributed by atoms with Gasteiger partial charge in [0.15, 0.2) is 5.69 Å². The molecule has 9 heteroatoms. The predicted octanol–water partition coefficient (Wildman–Crippen LogP) is 2.63. The number of likely N-dealkylation sites (tertiary alicyclic amines) is 1. The third-order valence-electron chi connectivity index (χ3n) is 5.78. The van der Waals surface area contributed by atoms with Gasteiger partial charge in [-0.05, 0) is 44.0 Å². The molecule has 0 bridgehead atoms. The summed E-state index contributed by atoms with van der Waals surface area (Å²) in [5.41, 5.74) is 2.75. The van der Waals surface area contributed by atoms with Crippen molar-refractivity contribution in [3.8, 4) is 17.2 Å². The van der Waals surface area contributed by atoms with Gasteiger partial charge in [0.05, 0.1) is 31.7 Å². The smallest absolute Gasteiger partial charge is 0.276 e. The first-order chi connectivity index (χ1) is 16.0. The highest BCUT2D eigenvalue weighted by atomic mass is 16.5. The molecule has 2 amide bonds. The number of rotatable bonds is 6. The second kappa shape index (κ2) is 9.72. The fourth-order valence-electron chi connectivity index (χ4n) is 3.82. The summed E-state index contributed by atoms with van der Waals surface area (Å²) in [6.07, 6.45) is 2.96. The molecular weight excluding hydrogens is 422 g/mol. The maximum absolute atomic E-state index is 12.9. The summed E-state index contributed by atoms with van der Waals surface area (Å²) in [7, 11) is 3.08. The van der Waals surface area contributed by atoms with Crippen LogP contribution in [0.2, 0.25) is 0 Å². The molecule has 2 heterocycles. The average Bonchev–Trinajstić information content (AvgIpc) is 3.34. The summed E-state index contributed by atoms with van der Waals surface area (Å²) in [4.78, 5) is 27.4. The number of carbonyl (C=O) groups excluding carboxylic acids is 2. The van der Waals surface area contributed by atoms with Gasteiger partial charge in [0.2, 0.25) is 0 Å². The van der Waals surface area contributed by atoms with Crippen molar-refractivity contribution in [2.45, 2.75) is 25.8 Å². The van der Waals surface area contributed by atoms with Crippen LogP contribution in [0.25, 0.3) is 5.69 Å². The van der Waals surface area contributed by atoms with Crippen LogP contribution >= 0.6 is 0 Å². The summed E-state index contributed by atoms with van der Waals surface area (Å²) in [6, 6.07) is 12.9. The van der Waals surface area contributed by atoms with Gasteiger partial charge in [-0.3, -0.25) is 9.59 Å². The number of nitrogens with zero attached hydrogens (tertiary/aromatic N) is 4. The molecule has 0 saturated carbocycles. The zero-order valence-electron chi connectivity index (χ0n) is 18.9. The van der Waals surface area contributed by atoms with Gasteiger partial charge in [0, 0.05) is 25.2 Å². The number of hydrogen-bond donors (Lipinski definition) is 1. The minimum atomic E-state index is -0.208. The molecule has 4 rings (SSSR count). The lowest BCUT2D eigenvalue weighted by molar-refractivity contribution is 0.0692. The Labute approximate surface area is 192 Å². The van der Waals surface area contributed by atoms with Crippen molar-refractivity contribution in [1.82, 2.24) is 25.2 Å². The number of benzene rings is 2. The van der Waals surface area contributed by atoms with Crippen LogP contribution in [0.15, 0.2) is 48.7 Å². The molecule has 0 unspecified atom stereocenters. The van der Waals surface area contributed by atoms with E-state index in [9.17, 15) is 9.59 Å². The number of hydrogen-bond acceptors (Lipinski definition) is 6. The van der Waals surface area contributed by atoms with Crippen molar-refractivity contribution < 1.29 is 19.1 Å². The molecule has 3 aromatic rings. The highest BCUT2D eigenvalue weighted by molar-refractivity contribution is 5.97. The van der Waals surface area contributed by atoms with Gasteiger partial charge in [-0.2, -0.15) is 0 Å². The molecule has 0 spiro atoms. The minimum absolute atomic E-state index is 0.0309. The third-order valence-corrected chi connectivity index (χ3v) is 5.78. The van der Waals surface area contributed by atoms with Crippen LogP contribution in [0.5, 0.6) is 11.5 Å². The van der Waals surface area contributed by atoms with E-state index in [4.69, 9.17) is 9.47 Å². The van der Waals surface area contributed by atoms with Gasteiger partial charge in [-0.15, -0.1) is 5.10 Å². The molecule has 0 atom stereocenters. The maximum atomic E-state index is 12.9. The van der Waals surface area contributed by atoms with Gasteiger partial charge < -0.3 is 19.7 Å². The van der Waals surface area contributed by atoms with E-state index in [-0.39, 0.29) is 17.9 Å². The molecular formula is C24H27N5O4. The molecule has 33 heavy (non-hydrogen) atoms. The number of carbonyl (C=O) groups is 2. The molecule has 1 N–H and O–H groups in total. The zero-order chi connectivity index (χ0) is 23.4. The van der Waals surface area contributed by atoms with Crippen molar-refractivity contribution in [3.63, 3.8) is 0 Å². The number of piperidine rings is 1. The van der Waals surface area contributed by atoms with E-state index in [0.717, 1.165) is 11.3 Å². The van der Waals surface area contributed by atoms with Gasteiger partial charge in [0.1, 0.15) is 11.5 Å². The first kappa shape index (κ1) is 22.3. The van der Waals surface area contributed by atoms with Gasteiger partial charge in [-0.1, -0.05) is 22.9 Å². The Hall–Kier alpha value is -3.88. The Morgan fingerprint density at radius 2 is 1.76 bits per heavy atom. The first-order valence-electron chi connectivity index (χ1n) is 10.8. The van der Waals surface area contributed by atoms with E-state index in [1.807, 2.05) is 31.2 Å². The molecule has 1 saturated heterocycles. The summed E-state index contributed by atoms with van der Waals surface area (Å²) < 4.78 is 12.1. The monoisotopic (exact) mass is 449 g/mol. The van der Waals surface area contributed by atoms with E-state index >= 15 is 0 Å². The second-order valence-electron chi connectivity index (χ2n) is 7.99. The molecule has 9 nitrogen and oxygen atoms in total. The van der Waals surface area contributed by atoms with Crippen molar-refractivity contribution in [3.05, 3.63) is 65.5 Å². The van der Waals surface area contributed by atoms with Crippen LogP contribution in [0.3, 0.4) is 0 Å². The Morgan fingerprint density at radius 1 is 1.03 bits per heavy atom. The minimum Gasteiger partial charge on any atom is -0.497 e. The van der Waals surface area contributed by atoms with E-state index in [0.29, 0.717) is 48.7 Å². The SMILES string of the molecule is COc1ccc(C(=O)NC2CCN(C(=O)c3cn(-c4ccc(C)cc4)nn3)CC2)c(OC)c1. The van der Waals surface area contributed by atoms with Crippen LogP contribution in [0, 0.1) is 6.92 Å². The lowest BCUT2D eigenvalue weighted by Gasteiger charge is -2.32. The second-order valence-corrected chi connectivity index (χ2v) is 7.99. The first-order valence-corrected chi connectivity index (χ1v) is 10.8. The van der Waals surface area contributed by atoms with Crippen molar-refractivity contribution in [2.75, 3.05) is 27.3 Å². The van der Waals surface area contributed by atoms with Crippen molar-refractivity contribution in [2.24, 2.45) is 0 Å². The number of nitrogens with one attached hydrogen (secondary N) is 1. The number of methoxy groups -OCH3 is 2. The topological polar surface area (TPSA) is 98.6 Å². The van der Waals surface area contributed by atoms with Crippen LogP contribution in [0.4, 0.5) is 0 Å². The summed E-state index contributed by atoms with van der Waals surface area (Å²) >= 11 is 0. The van der Waals surface area contributed by atoms with Crippen LogP contribution in [0.1, 0.15) is 39.3 Å². The fourth-order valence-corrected chi connectivity index (χ4v) is 3.82. The summed E-state index contributed by atoms with van der Waals surface area (Å²) in [6.45, 7) is 3.07. The quantitative estimate of drug-likeness (QED) is 0.621. The van der Waals surface area contributed by atoms with Crippen molar-refractivity contribution in [1.29, 1.82) is 0 Å². The normalized spacial score (nSPS) is 14.1. The van der Waals surface area contributed by atoms with E-state index < -0.39 is 0 Å². The lowest BCUT2D eigenvalue weighted by Crippen LogP contribution is -2.46. The van der Waals surface area contributed by atoms with Crippen molar-refractivity contribution >= 4 is 11.8 Å². The Morgan fingerprint density at radius 3 is 2.42 bits per heavy atom. The molecule has 1 aliphatic heterocycles. The van der Waals surface area contributed by atoms with Crippen LogP contribution in [-0.2, 0) is 0 Å².